The number of hydrogen-bond acceptors (Lipinski definition) is 6. The molecule has 0 saturated heterocycles. The number of aryl methyl sites for hydroxylation is 3. The summed E-state index contributed by atoms with van der Waals surface area (Å²) in [5.74, 6) is 0.808. The van der Waals surface area contributed by atoms with Gasteiger partial charge in [0.2, 0.25) is 0 Å². The van der Waals surface area contributed by atoms with Crippen LogP contribution >= 0.6 is 0 Å². The first-order valence-electron chi connectivity index (χ1n) is 10.0. The fourth-order valence-electron chi connectivity index (χ4n) is 4.23. The maximum absolute atomic E-state index is 12.2. The van der Waals surface area contributed by atoms with Gasteiger partial charge in [-0.2, -0.15) is 4.52 Å². The average molecular weight is 398 g/mol. The Morgan fingerprint density at radius 1 is 0.967 bits per heavy atom. The zero-order valence-corrected chi connectivity index (χ0v) is 17.3. The topological polar surface area (TPSA) is 76.3 Å². The number of rotatable bonds is 2. The van der Waals surface area contributed by atoms with Gasteiger partial charge < -0.3 is 4.90 Å². The van der Waals surface area contributed by atoms with Crippen molar-refractivity contribution in [3.05, 3.63) is 81.3 Å². The third-order valence-corrected chi connectivity index (χ3v) is 5.72. The van der Waals surface area contributed by atoms with E-state index in [0.29, 0.717) is 12.2 Å². The van der Waals surface area contributed by atoms with E-state index in [1.807, 2.05) is 38.4 Å². The van der Waals surface area contributed by atoms with Crippen molar-refractivity contribution in [1.82, 2.24) is 24.6 Å². The Balaban J connectivity index is 1.55. The SMILES string of the molecule is Cc1cc2nccc(=O)n2nc1N1CCc2ncc(-c3c(C)ccnc3C)cc2C1. The molecule has 0 N–H and O–H groups in total. The van der Waals surface area contributed by atoms with Crippen LogP contribution in [-0.4, -0.2) is 31.1 Å². The minimum Gasteiger partial charge on any atom is -0.350 e. The lowest BCUT2D eigenvalue weighted by Gasteiger charge is -2.30. The molecule has 1 aliphatic heterocycles. The van der Waals surface area contributed by atoms with Crippen LogP contribution in [0.2, 0.25) is 0 Å². The van der Waals surface area contributed by atoms with Gasteiger partial charge in [-0.25, -0.2) is 4.98 Å². The van der Waals surface area contributed by atoms with Crippen LogP contribution in [-0.2, 0) is 13.0 Å². The van der Waals surface area contributed by atoms with E-state index in [1.54, 1.807) is 0 Å². The quantitative estimate of drug-likeness (QED) is 0.517. The summed E-state index contributed by atoms with van der Waals surface area (Å²) in [4.78, 5) is 27.9. The molecule has 0 amide bonds. The number of pyridine rings is 2. The van der Waals surface area contributed by atoms with Crippen LogP contribution in [0.5, 0.6) is 0 Å². The Labute approximate surface area is 174 Å². The van der Waals surface area contributed by atoms with Gasteiger partial charge in [0.05, 0.1) is 0 Å². The summed E-state index contributed by atoms with van der Waals surface area (Å²) in [7, 11) is 0. The van der Waals surface area contributed by atoms with E-state index in [1.165, 1.54) is 27.9 Å². The number of aromatic nitrogens is 5. The van der Waals surface area contributed by atoms with Crippen LogP contribution in [0.25, 0.3) is 16.8 Å². The molecule has 0 unspecified atom stereocenters. The molecule has 4 aromatic rings. The third kappa shape index (κ3) is 3.03. The number of anilines is 1. The molecule has 0 spiro atoms. The Morgan fingerprint density at radius 2 is 1.80 bits per heavy atom. The Kier molecular flexibility index (Phi) is 4.31. The highest BCUT2D eigenvalue weighted by Crippen LogP contribution is 2.30. The molecule has 5 heterocycles. The van der Waals surface area contributed by atoms with E-state index < -0.39 is 0 Å². The summed E-state index contributed by atoms with van der Waals surface area (Å²) in [5, 5.41) is 4.62. The fourth-order valence-corrected chi connectivity index (χ4v) is 4.23. The molecule has 150 valence electrons. The van der Waals surface area contributed by atoms with Gasteiger partial charge in [-0.15, -0.1) is 5.10 Å². The Morgan fingerprint density at radius 3 is 2.63 bits per heavy atom. The van der Waals surface area contributed by atoms with Crippen LogP contribution in [0.15, 0.2) is 47.7 Å². The Hall–Kier alpha value is -3.61. The summed E-state index contributed by atoms with van der Waals surface area (Å²) in [6.07, 6.45) is 6.15. The molecular formula is C23H22N6O. The molecule has 5 rings (SSSR count). The van der Waals surface area contributed by atoms with Crippen molar-refractivity contribution in [2.75, 3.05) is 11.4 Å². The Bertz CT molecular complexity index is 1320. The van der Waals surface area contributed by atoms with E-state index in [2.05, 4.69) is 33.0 Å². The van der Waals surface area contributed by atoms with Crippen molar-refractivity contribution in [3.8, 4) is 11.1 Å². The van der Waals surface area contributed by atoms with E-state index in [0.717, 1.165) is 46.9 Å². The van der Waals surface area contributed by atoms with Crippen molar-refractivity contribution in [2.24, 2.45) is 0 Å². The molecule has 30 heavy (non-hydrogen) atoms. The van der Waals surface area contributed by atoms with E-state index in [9.17, 15) is 4.79 Å². The largest absolute Gasteiger partial charge is 0.350 e. The predicted octanol–water partition coefficient (Wildman–Crippen LogP) is 3.03. The molecule has 0 radical (unpaired) electrons. The summed E-state index contributed by atoms with van der Waals surface area (Å²) >= 11 is 0. The fraction of sp³-hybridized carbons (Fsp3) is 0.261. The molecule has 1 aliphatic rings. The standard InChI is InChI=1S/C23H22N6O/c1-14-4-7-24-16(3)22(14)17-11-18-13-28(9-6-19(18)26-12-17)23-15(2)10-20-25-8-5-21(30)29(20)27-23/h4-5,7-8,10-12H,6,9,13H2,1-3H3. The van der Waals surface area contributed by atoms with Gasteiger partial charge in [-0.05, 0) is 55.7 Å². The minimum absolute atomic E-state index is 0.176. The first kappa shape index (κ1) is 18.4. The van der Waals surface area contributed by atoms with Crippen LogP contribution in [0, 0.1) is 20.8 Å². The van der Waals surface area contributed by atoms with Gasteiger partial charge >= 0.3 is 0 Å². The smallest absolute Gasteiger partial charge is 0.274 e. The van der Waals surface area contributed by atoms with E-state index in [4.69, 9.17) is 4.98 Å². The summed E-state index contributed by atoms with van der Waals surface area (Å²) in [5.41, 5.74) is 8.11. The normalized spacial score (nSPS) is 13.5. The van der Waals surface area contributed by atoms with Crippen LogP contribution in [0.3, 0.4) is 0 Å². The predicted molar refractivity (Wildman–Crippen MR) is 116 cm³/mol. The van der Waals surface area contributed by atoms with Gasteiger partial charge in [0, 0.05) is 66.7 Å². The number of nitrogens with zero attached hydrogens (tertiary/aromatic N) is 6. The summed E-state index contributed by atoms with van der Waals surface area (Å²) in [6.45, 7) is 7.64. The molecule has 0 fully saturated rings. The second-order valence-electron chi connectivity index (χ2n) is 7.79. The zero-order chi connectivity index (χ0) is 20.8. The van der Waals surface area contributed by atoms with Gasteiger partial charge in [0.15, 0.2) is 11.5 Å². The molecule has 0 atom stereocenters. The van der Waals surface area contributed by atoms with E-state index >= 15 is 0 Å². The van der Waals surface area contributed by atoms with E-state index in [-0.39, 0.29) is 5.56 Å². The maximum atomic E-state index is 12.2. The molecule has 7 nitrogen and oxygen atoms in total. The highest BCUT2D eigenvalue weighted by Gasteiger charge is 2.22. The van der Waals surface area contributed by atoms with Crippen molar-refractivity contribution in [3.63, 3.8) is 0 Å². The highest BCUT2D eigenvalue weighted by atomic mass is 16.1. The lowest BCUT2D eigenvalue weighted by Crippen LogP contribution is -2.33. The highest BCUT2D eigenvalue weighted by molar-refractivity contribution is 5.69. The van der Waals surface area contributed by atoms with Gasteiger partial charge in [0.25, 0.3) is 5.56 Å². The molecule has 4 aromatic heterocycles. The van der Waals surface area contributed by atoms with Crippen molar-refractivity contribution >= 4 is 11.5 Å². The zero-order valence-electron chi connectivity index (χ0n) is 17.3. The molecular weight excluding hydrogens is 376 g/mol. The monoisotopic (exact) mass is 398 g/mol. The second kappa shape index (κ2) is 7.02. The van der Waals surface area contributed by atoms with Crippen LogP contribution < -0.4 is 10.5 Å². The molecule has 0 saturated carbocycles. The number of fused-ring (bicyclic) bond motifs is 2. The first-order valence-corrected chi connectivity index (χ1v) is 10.0. The second-order valence-corrected chi connectivity index (χ2v) is 7.79. The maximum Gasteiger partial charge on any atom is 0.274 e. The van der Waals surface area contributed by atoms with Crippen LogP contribution in [0.4, 0.5) is 5.82 Å². The lowest BCUT2D eigenvalue weighted by molar-refractivity contribution is 0.685. The molecule has 0 aromatic carbocycles. The minimum atomic E-state index is -0.176. The summed E-state index contributed by atoms with van der Waals surface area (Å²) in [6, 6.07) is 7.59. The number of hydrogen-bond donors (Lipinski definition) is 0. The molecule has 0 bridgehead atoms. The van der Waals surface area contributed by atoms with Gasteiger partial charge in [-0.3, -0.25) is 14.8 Å². The molecule has 7 heteroatoms. The van der Waals surface area contributed by atoms with Crippen LogP contribution in [0.1, 0.15) is 28.1 Å². The van der Waals surface area contributed by atoms with Crippen molar-refractivity contribution in [1.29, 1.82) is 0 Å². The first-order chi connectivity index (χ1) is 14.5. The van der Waals surface area contributed by atoms with Gasteiger partial charge in [0.1, 0.15) is 0 Å². The summed E-state index contributed by atoms with van der Waals surface area (Å²) < 4.78 is 1.37. The molecule has 0 aliphatic carbocycles. The third-order valence-electron chi connectivity index (χ3n) is 5.72. The van der Waals surface area contributed by atoms with Crippen molar-refractivity contribution in [2.45, 2.75) is 33.7 Å². The lowest BCUT2D eigenvalue weighted by atomic mass is 9.97. The van der Waals surface area contributed by atoms with Crippen molar-refractivity contribution < 1.29 is 0 Å². The van der Waals surface area contributed by atoms with Gasteiger partial charge in [-0.1, -0.05) is 0 Å². The average Bonchev–Trinajstić information content (AvgIpc) is 2.73.